The van der Waals surface area contributed by atoms with Gasteiger partial charge in [-0.3, -0.25) is 4.98 Å². The Labute approximate surface area is 152 Å². The Bertz CT molecular complexity index is 868. The summed E-state index contributed by atoms with van der Waals surface area (Å²) in [4.78, 5) is 15.1. The minimum atomic E-state index is -4.14. The molecule has 9 heteroatoms. The molecule has 140 valence electrons. The second-order valence-corrected chi connectivity index (χ2v) is 7.17. The lowest BCUT2D eigenvalue weighted by Crippen LogP contribution is -2.31. The minimum Gasteiger partial charge on any atom is -0.491 e. The zero-order valence-electron chi connectivity index (χ0n) is 14.7. The fourth-order valence-electron chi connectivity index (χ4n) is 2.10. The molecule has 1 amide bonds. The van der Waals surface area contributed by atoms with Gasteiger partial charge in [-0.1, -0.05) is 6.07 Å². The van der Waals surface area contributed by atoms with Gasteiger partial charge in [-0.25, -0.2) is 17.9 Å². The monoisotopic (exact) mass is 379 g/mol. The Kier molecular flexibility index (Phi) is 6.40. The average Bonchev–Trinajstić information content (AvgIpc) is 2.54. The molecule has 2 aromatic rings. The number of pyridine rings is 1. The number of amides is 1. The van der Waals surface area contributed by atoms with Crippen molar-refractivity contribution in [2.75, 3.05) is 11.9 Å². The maximum Gasteiger partial charge on any atom is 0.421 e. The third kappa shape index (κ3) is 5.35. The zero-order chi connectivity index (χ0) is 19.2. The number of carbonyl (C=O) groups excluding carboxylic acids is 1. The number of nitrogens with zero attached hydrogens (tertiary/aromatic N) is 1. The highest BCUT2D eigenvalue weighted by atomic mass is 32.2. The summed E-state index contributed by atoms with van der Waals surface area (Å²) in [5.41, 5.74) is 0.889. The number of sulfonamides is 1. The van der Waals surface area contributed by atoms with E-state index < -0.39 is 16.1 Å². The molecule has 0 spiro atoms. The Morgan fingerprint density at radius 3 is 2.73 bits per heavy atom. The number of hydrogen-bond acceptors (Lipinski definition) is 7. The molecule has 1 heterocycles. The summed E-state index contributed by atoms with van der Waals surface area (Å²) in [6, 6.07) is 8.60. The third-order valence-electron chi connectivity index (χ3n) is 3.05. The van der Waals surface area contributed by atoms with Gasteiger partial charge in [0.2, 0.25) is 0 Å². The summed E-state index contributed by atoms with van der Waals surface area (Å²) in [5.74, 6) is 0.646. The van der Waals surface area contributed by atoms with Gasteiger partial charge in [0.15, 0.2) is 0 Å². The second kappa shape index (κ2) is 8.52. The van der Waals surface area contributed by atoms with Gasteiger partial charge in [-0.15, -0.1) is 0 Å². The van der Waals surface area contributed by atoms with Gasteiger partial charge < -0.3 is 14.8 Å². The van der Waals surface area contributed by atoms with Crippen LogP contribution in [0.25, 0.3) is 0 Å². The first-order chi connectivity index (χ1) is 12.3. The van der Waals surface area contributed by atoms with Crippen molar-refractivity contribution >= 4 is 27.5 Å². The van der Waals surface area contributed by atoms with Crippen molar-refractivity contribution in [3.05, 3.63) is 42.7 Å². The quantitative estimate of drug-likeness (QED) is 0.761. The van der Waals surface area contributed by atoms with Gasteiger partial charge in [0.1, 0.15) is 10.6 Å². The van der Waals surface area contributed by atoms with E-state index in [9.17, 15) is 13.2 Å². The standard InChI is InChI=1S/C17H21N3O5S/c1-4-24-17(21)20-26(22,23)16-11-18-9-8-15(16)19-13-6-5-7-14(10-13)25-12(2)3/h5-12H,4H2,1-3H3,(H,18,19)(H,20,21). The highest BCUT2D eigenvalue weighted by molar-refractivity contribution is 7.90. The number of benzene rings is 1. The molecular weight excluding hydrogens is 358 g/mol. The van der Waals surface area contributed by atoms with E-state index in [1.165, 1.54) is 12.3 Å². The van der Waals surface area contributed by atoms with Crippen LogP contribution in [-0.4, -0.2) is 32.2 Å². The van der Waals surface area contributed by atoms with Gasteiger partial charge in [0, 0.05) is 24.1 Å². The first-order valence-corrected chi connectivity index (χ1v) is 9.47. The normalized spacial score (nSPS) is 11.1. The average molecular weight is 379 g/mol. The van der Waals surface area contributed by atoms with Crippen molar-refractivity contribution in [1.29, 1.82) is 0 Å². The minimum absolute atomic E-state index is 0.0101. The molecule has 0 aliphatic heterocycles. The van der Waals surface area contributed by atoms with Crippen molar-refractivity contribution in [1.82, 2.24) is 9.71 Å². The molecule has 8 nitrogen and oxygen atoms in total. The van der Waals surface area contributed by atoms with Crippen molar-refractivity contribution in [2.45, 2.75) is 31.8 Å². The predicted octanol–water partition coefficient (Wildman–Crippen LogP) is 3.05. The van der Waals surface area contributed by atoms with E-state index in [0.29, 0.717) is 11.4 Å². The number of anilines is 2. The number of ether oxygens (including phenoxy) is 2. The third-order valence-corrected chi connectivity index (χ3v) is 4.39. The SMILES string of the molecule is CCOC(=O)NS(=O)(=O)c1cnccc1Nc1cccc(OC(C)C)c1. The van der Waals surface area contributed by atoms with Crippen LogP contribution in [0.2, 0.25) is 0 Å². The lowest BCUT2D eigenvalue weighted by Gasteiger charge is -2.14. The highest BCUT2D eigenvalue weighted by Gasteiger charge is 2.22. The zero-order valence-corrected chi connectivity index (χ0v) is 15.5. The van der Waals surface area contributed by atoms with Crippen LogP contribution in [0.1, 0.15) is 20.8 Å². The Hall–Kier alpha value is -2.81. The van der Waals surface area contributed by atoms with E-state index in [1.807, 2.05) is 18.6 Å². The first-order valence-electron chi connectivity index (χ1n) is 7.99. The fourth-order valence-corrected chi connectivity index (χ4v) is 3.09. The molecule has 26 heavy (non-hydrogen) atoms. The number of carbonyl (C=O) groups is 1. The Morgan fingerprint density at radius 2 is 2.04 bits per heavy atom. The van der Waals surface area contributed by atoms with Crippen LogP contribution in [0.5, 0.6) is 5.75 Å². The molecule has 0 unspecified atom stereocenters. The lowest BCUT2D eigenvalue weighted by atomic mass is 10.3. The number of nitrogens with one attached hydrogen (secondary N) is 2. The smallest absolute Gasteiger partial charge is 0.421 e. The van der Waals surface area contributed by atoms with E-state index in [2.05, 4.69) is 15.0 Å². The molecule has 2 N–H and O–H groups in total. The van der Waals surface area contributed by atoms with E-state index >= 15 is 0 Å². The van der Waals surface area contributed by atoms with Crippen molar-refractivity contribution in [3.8, 4) is 5.75 Å². The first kappa shape index (κ1) is 19.5. The summed E-state index contributed by atoms with van der Waals surface area (Å²) in [7, 11) is -4.14. The molecule has 0 radical (unpaired) electrons. The maximum absolute atomic E-state index is 12.4. The van der Waals surface area contributed by atoms with Crippen LogP contribution in [0, 0.1) is 0 Å². The lowest BCUT2D eigenvalue weighted by molar-refractivity contribution is 0.158. The Morgan fingerprint density at radius 1 is 1.27 bits per heavy atom. The van der Waals surface area contributed by atoms with Crippen molar-refractivity contribution < 1.29 is 22.7 Å². The summed E-state index contributed by atoms with van der Waals surface area (Å²) in [5, 5.41) is 3.01. The van der Waals surface area contributed by atoms with Crippen LogP contribution >= 0.6 is 0 Å². The number of aromatic nitrogens is 1. The van der Waals surface area contributed by atoms with Crippen LogP contribution in [0.15, 0.2) is 47.6 Å². The summed E-state index contributed by atoms with van der Waals surface area (Å²) < 4.78 is 36.9. The molecule has 0 saturated heterocycles. The summed E-state index contributed by atoms with van der Waals surface area (Å²) >= 11 is 0. The highest BCUT2D eigenvalue weighted by Crippen LogP contribution is 2.26. The molecule has 0 aliphatic carbocycles. The van der Waals surface area contributed by atoms with Crippen molar-refractivity contribution in [2.24, 2.45) is 0 Å². The Balaban J connectivity index is 2.28. The van der Waals surface area contributed by atoms with Crippen LogP contribution in [0.3, 0.4) is 0 Å². The molecule has 0 aliphatic rings. The molecule has 1 aromatic carbocycles. The van der Waals surface area contributed by atoms with E-state index in [0.717, 1.165) is 6.20 Å². The number of rotatable bonds is 7. The molecule has 2 rings (SSSR count). The molecule has 0 fully saturated rings. The molecule has 1 aromatic heterocycles. The van der Waals surface area contributed by atoms with Crippen molar-refractivity contribution in [3.63, 3.8) is 0 Å². The van der Waals surface area contributed by atoms with Gasteiger partial charge in [0.05, 0.1) is 18.4 Å². The number of hydrogen-bond donors (Lipinski definition) is 2. The largest absolute Gasteiger partial charge is 0.491 e. The van der Waals surface area contributed by atoms with Gasteiger partial charge >= 0.3 is 6.09 Å². The molecule has 0 bridgehead atoms. The van der Waals surface area contributed by atoms with Crippen LogP contribution < -0.4 is 14.8 Å². The van der Waals surface area contributed by atoms with Crippen LogP contribution in [-0.2, 0) is 14.8 Å². The molecule has 0 atom stereocenters. The summed E-state index contributed by atoms with van der Waals surface area (Å²) in [6.07, 6.45) is 1.56. The van der Waals surface area contributed by atoms with Gasteiger partial charge in [-0.2, -0.15) is 0 Å². The topological polar surface area (TPSA) is 107 Å². The van der Waals surface area contributed by atoms with E-state index in [-0.39, 0.29) is 23.3 Å². The van der Waals surface area contributed by atoms with Crippen LogP contribution in [0.4, 0.5) is 16.2 Å². The van der Waals surface area contributed by atoms with E-state index in [4.69, 9.17) is 4.74 Å². The predicted molar refractivity (Wildman–Crippen MR) is 97.1 cm³/mol. The fraction of sp³-hybridized carbons (Fsp3) is 0.294. The molecular formula is C17H21N3O5S. The van der Waals surface area contributed by atoms with E-state index in [1.54, 1.807) is 31.2 Å². The van der Waals surface area contributed by atoms with Gasteiger partial charge in [-0.05, 0) is 39.0 Å². The van der Waals surface area contributed by atoms with Gasteiger partial charge in [0.25, 0.3) is 10.0 Å². The maximum atomic E-state index is 12.4. The second-order valence-electron chi connectivity index (χ2n) is 5.52. The molecule has 0 saturated carbocycles. The summed E-state index contributed by atoms with van der Waals surface area (Å²) in [6.45, 7) is 5.46.